The molecule has 0 bridgehead atoms. The van der Waals surface area contributed by atoms with Gasteiger partial charge >= 0.3 is 0 Å². The Balaban J connectivity index is 1.88. The van der Waals surface area contributed by atoms with E-state index in [1.54, 1.807) is 17.6 Å². The number of nitrogens with zero attached hydrogens (tertiary/aromatic N) is 2. The largest absolute Gasteiger partial charge is 0.468 e. The van der Waals surface area contributed by atoms with Gasteiger partial charge in [0.1, 0.15) is 10.8 Å². The highest BCUT2D eigenvalue weighted by Crippen LogP contribution is 2.13. The van der Waals surface area contributed by atoms with Crippen LogP contribution in [0.25, 0.3) is 0 Å². The molecule has 0 aliphatic heterocycles. The molecule has 1 N–H and O–H groups in total. The number of hydrogen-bond acceptors (Lipinski definition) is 5. The Morgan fingerprint density at radius 3 is 2.95 bits per heavy atom. The topological polar surface area (TPSA) is 41.3 Å². The summed E-state index contributed by atoms with van der Waals surface area (Å²) in [6.07, 6.45) is 1.72. The minimum absolute atomic E-state index is 0.837. The van der Waals surface area contributed by atoms with E-state index in [-0.39, 0.29) is 0 Å². The molecule has 2 aromatic heterocycles. The van der Waals surface area contributed by atoms with Crippen LogP contribution in [0.5, 0.6) is 0 Å². The van der Waals surface area contributed by atoms with Gasteiger partial charge in [-0.25, -0.2) is 4.98 Å². The van der Waals surface area contributed by atoms with Crippen LogP contribution in [0.4, 0.5) is 0 Å². The predicted octanol–water partition coefficient (Wildman–Crippen LogP) is 2.87. The number of thiazole rings is 1. The van der Waals surface area contributed by atoms with E-state index in [2.05, 4.69) is 34.4 Å². The molecule has 0 saturated heterocycles. The van der Waals surface area contributed by atoms with E-state index in [0.717, 1.165) is 49.2 Å². The van der Waals surface area contributed by atoms with Crippen molar-refractivity contribution < 1.29 is 4.42 Å². The Labute approximate surface area is 118 Å². The van der Waals surface area contributed by atoms with Crippen LogP contribution in [0.15, 0.2) is 28.2 Å². The molecule has 5 heteroatoms. The molecule has 0 aliphatic carbocycles. The van der Waals surface area contributed by atoms with Crippen molar-refractivity contribution in [2.75, 3.05) is 13.1 Å². The second-order valence-electron chi connectivity index (χ2n) is 4.40. The van der Waals surface area contributed by atoms with Crippen molar-refractivity contribution in [1.29, 1.82) is 0 Å². The number of nitrogens with one attached hydrogen (secondary N) is 1. The smallest absolute Gasteiger partial charge is 0.117 e. The van der Waals surface area contributed by atoms with Gasteiger partial charge in [-0.15, -0.1) is 11.3 Å². The second kappa shape index (κ2) is 7.43. The van der Waals surface area contributed by atoms with Crippen molar-refractivity contribution in [2.24, 2.45) is 0 Å². The van der Waals surface area contributed by atoms with Crippen LogP contribution in [0.3, 0.4) is 0 Å². The summed E-state index contributed by atoms with van der Waals surface area (Å²) in [7, 11) is 0. The highest BCUT2D eigenvalue weighted by atomic mass is 32.1. The fourth-order valence-electron chi connectivity index (χ4n) is 1.87. The van der Waals surface area contributed by atoms with Crippen LogP contribution in [0.1, 0.15) is 30.3 Å². The van der Waals surface area contributed by atoms with Crippen molar-refractivity contribution in [2.45, 2.75) is 33.5 Å². The molecule has 2 aromatic rings. The fraction of sp³-hybridized carbons (Fsp3) is 0.500. The monoisotopic (exact) mass is 279 g/mol. The van der Waals surface area contributed by atoms with Gasteiger partial charge in [0, 0.05) is 18.5 Å². The van der Waals surface area contributed by atoms with Gasteiger partial charge < -0.3 is 9.73 Å². The molecule has 0 fully saturated rings. The van der Waals surface area contributed by atoms with E-state index in [1.165, 1.54) is 0 Å². The molecule has 0 radical (unpaired) electrons. The predicted molar refractivity (Wildman–Crippen MR) is 78.0 cm³/mol. The third-order valence-corrected chi connectivity index (χ3v) is 3.82. The van der Waals surface area contributed by atoms with Gasteiger partial charge in [-0.2, -0.15) is 0 Å². The summed E-state index contributed by atoms with van der Waals surface area (Å²) in [5, 5.41) is 6.61. The van der Waals surface area contributed by atoms with Crippen molar-refractivity contribution >= 4 is 11.3 Å². The standard InChI is InChI=1S/C14H21N3OS/c1-3-15-8-14-16-12(11-19-14)9-17(4-2)10-13-6-5-7-18-13/h5-7,11,15H,3-4,8-10H2,1-2H3. The summed E-state index contributed by atoms with van der Waals surface area (Å²) in [5.74, 6) is 1.00. The Bertz CT molecular complexity index is 467. The van der Waals surface area contributed by atoms with E-state index < -0.39 is 0 Å². The zero-order valence-electron chi connectivity index (χ0n) is 11.6. The van der Waals surface area contributed by atoms with Gasteiger partial charge in [-0.05, 0) is 25.2 Å². The highest BCUT2D eigenvalue weighted by molar-refractivity contribution is 7.09. The van der Waals surface area contributed by atoms with Crippen LogP contribution in [-0.2, 0) is 19.6 Å². The molecule has 0 aliphatic rings. The molecule has 0 amide bonds. The summed E-state index contributed by atoms with van der Waals surface area (Å²) in [5.41, 5.74) is 1.14. The van der Waals surface area contributed by atoms with Crippen LogP contribution in [0, 0.1) is 0 Å². The van der Waals surface area contributed by atoms with Gasteiger partial charge in [0.2, 0.25) is 0 Å². The van der Waals surface area contributed by atoms with E-state index in [9.17, 15) is 0 Å². The van der Waals surface area contributed by atoms with Crippen LogP contribution < -0.4 is 5.32 Å². The fourth-order valence-corrected chi connectivity index (χ4v) is 2.62. The average molecular weight is 279 g/mol. The lowest BCUT2D eigenvalue weighted by molar-refractivity contribution is 0.245. The zero-order chi connectivity index (χ0) is 13.5. The summed E-state index contributed by atoms with van der Waals surface area (Å²) in [6.45, 7) is 8.82. The SMILES string of the molecule is CCNCc1nc(CN(CC)Cc2ccco2)cs1. The second-order valence-corrected chi connectivity index (χ2v) is 5.34. The lowest BCUT2D eigenvalue weighted by atomic mass is 10.3. The molecular weight excluding hydrogens is 258 g/mol. The third kappa shape index (κ3) is 4.45. The molecule has 0 atom stereocenters. The van der Waals surface area contributed by atoms with Gasteiger partial charge in [-0.1, -0.05) is 13.8 Å². The summed E-state index contributed by atoms with van der Waals surface area (Å²) in [6, 6.07) is 3.95. The number of furan rings is 1. The molecule has 0 spiro atoms. The normalized spacial score (nSPS) is 11.3. The zero-order valence-corrected chi connectivity index (χ0v) is 12.4. The lowest BCUT2D eigenvalue weighted by Gasteiger charge is -2.17. The summed E-state index contributed by atoms with van der Waals surface area (Å²) < 4.78 is 5.39. The summed E-state index contributed by atoms with van der Waals surface area (Å²) >= 11 is 1.73. The Kier molecular flexibility index (Phi) is 5.57. The first-order valence-electron chi connectivity index (χ1n) is 6.70. The van der Waals surface area contributed by atoms with Crippen molar-refractivity contribution in [3.05, 3.63) is 40.2 Å². The Morgan fingerprint density at radius 1 is 1.37 bits per heavy atom. The maximum atomic E-state index is 5.39. The third-order valence-electron chi connectivity index (χ3n) is 2.92. The maximum Gasteiger partial charge on any atom is 0.117 e. The van der Waals surface area contributed by atoms with E-state index in [0.29, 0.717) is 0 Å². The minimum atomic E-state index is 0.837. The first kappa shape index (κ1) is 14.2. The molecular formula is C14H21N3OS. The van der Waals surface area contributed by atoms with Gasteiger partial charge in [0.05, 0.1) is 18.5 Å². The molecule has 2 rings (SSSR count). The van der Waals surface area contributed by atoms with Crippen molar-refractivity contribution in [3.63, 3.8) is 0 Å². The number of hydrogen-bond donors (Lipinski definition) is 1. The minimum Gasteiger partial charge on any atom is -0.468 e. The summed E-state index contributed by atoms with van der Waals surface area (Å²) in [4.78, 5) is 6.97. The van der Waals surface area contributed by atoms with Crippen LogP contribution >= 0.6 is 11.3 Å². The highest BCUT2D eigenvalue weighted by Gasteiger charge is 2.09. The molecule has 4 nitrogen and oxygen atoms in total. The molecule has 0 aromatic carbocycles. The molecule has 19 heavy (non-hydrogen) atoms. The molecule has 0 saturated carbocycles. The average Bonchev–Trinajstić information content (AvgIpc) is 3.07. The van der Waals surface area contributed by atoms with Crippen molar-refractivity contribution in [1.82, 2.24) is 15.2 Å². The first-order chi connectivity index (χ1) is 9.31. The maximum absolute atomic E-state index is 5.39. The van der Waals surface area contributed by atoms with Gasteiger partial charge in [-0.3, -0.25) is 4.90 Å². The van der Waals surface area contributed by atoms with Gasteiger partial charge in [0.25, 0.3) is 0 Å². The lowest BCUT2D eigenvalue weighted by Crippen LogP contribution is -2.22. The van der Waals surface area contributed by atoms with E-state index in [1.807, 2.05) is 12.1 Å². The number of rotatable bonds is 8. The number of aromatic nitrogens is 1. The Morgan fingerprint density at radius 2 is 2.26 bits per heavy atom. The Hall–Kier alpha value is -1.17. The first-order valence-corrected chi connectivity index (χ1v) is 7.58. The van der Waals surface area contributed by atoms with Gasteiger partial charge in [0.15, 0.2) is 0 Å². The van der Waals surface area contributed by atoms with Crippen LogP contribution in [0.2, 0.25) is 0 Å². The van der Waals surface area contributed by atoms with Crippen molar-refractivity contribution in [3.8, 4) is 0 Å². The molecule has 2 heterocycles. The van der Waals surface area contributed by atoms with E-state index in [4.69, 9.17) is 4.42 Å². The quantitative estimate of drug-likeness (QED) is 0.807. The molecule has 104 valence electrons. The molecule has 0 unspecified atom stereocenters. The van der Waals surface area contributed by atoms with E-state index >= 15 is 0 Å². The van der Waals surface area contributed by atoms with Crippen LogP contribution in [-0.4, -0.2) is 23.0 Å².